The molecule has 3 rings (SSSR count). The van der Waals surface area contributed by atoms with Gasteiger partial charge in [0.05, 0.1) is 19.3 Å². The first-order chi connectivity index (χ1) is 14.4. The second-order valence-electron chi connectivity index (χ2n) is 7.13. The molecule has 0 fully saturated rings. The molecular weight excluding hydrogens is 384 g/mol. The van der Waals surface area contributed by atoms with Crippen molar-refractivity contribution in [3.63, 3.8) is 0 Å². The summed E-state index contributed by atoms with van der Waals surface area (Å²) < 4.78 is 10.5. The fraction of sp³-hybridized carbons (Fsp3) is 0.304. The average molecular weight is 411 g/mol. The van der Waals surface area contributed by atoms with E-state index in [9.17, 15) is 14.7 Å². The molecule has 0 aliphatic rings. The molecule has 158 valence electrons. The summed E-state index contributed by atoms with van der Waals surface area (Å²) in [6.07, 6.45) is 0.659. The molecule has 1 aromatic heterocycles. The van der Waals surface area contributed by atoms with Gasteiger partial charge in [-0.1, -0.05) is 19.1 Å². The number of rotatable bonds is 8. The van der Waals surface area contributed by atoms with Crippen LogP contribution in [0.15, 0.2) is 51.7 Å². The summed E-state index contributed by atoms with van der Waals surface area (Å²) in [5.74, 6) is 0.569. The Morgan fingerprint density at radius 2 is 1.93 bits per heavy atom. The van der Waals surface area contributed by atoms with E-state index in [-0.39, 0.29) is 18.2 Å². The third kappa shape index (κ3) is 4.80. The predicted molar refractivity (Wildman–Crippen MR) is 115 cm³/mol. The van der Waals surface area contributed by atoms with E-state index < -0.39 is 5.63 Å². The van der Waals surface area contributed by atoms with E-state index in [1.54, 1.807) is 19.2 Å². The van der Waals surface area contributed by atoms with E-state index in [0.29, 0.717) is 36.5 Å². The van der Waals surface area contributed by atoms with E-state index in [2.05, 4.69) is 5.32 Å². The first-order valence-corrected chi connectivity index (χ1v) is 10.00. The maximum atomic E-state index is 12.6. The van der Waals surface area contributed by atoms with Gasteiger partial charge in [0, 0.05) is 23.1 Å². The Balaban J connectivity index is 1.82. The van der Waals surface area contributed by atoms with Gasteiger partial charge in [-0.05, 0) is 37.1 Å². The fourth-order valence-corrected chi connectivity index (χ4v) is 3.49. The second kappa shape index (κ2) is 9.45. The number of amides is 1. The number of quaternary nitrogens is 1. The standard InChI is InChI=1S/C23H26N2O5/c1-4-15-10-17-16(11-23(28)30-21(17)12-19(15)26)13-25(5-2)14-22(27)24-18-8-6-7-9-20(18)29-3/h6-12,26H,4-5,13-14H2,1-3H3,(H,24,27)/p+1. The number of nitrogens with one attached hydrogen (secondary N) is 2. The molecular formula is C23H27N2O5+. The summed E-state index contributed by atoms with van der Waals surface area (Å²) in [4.78, 5) is 25.6. The Morgan fingerprint density at radius 1 is 1.17 bits per heavy atom. The largest absolute Gasteiger partial charge is 0.508 e. The number of methoxy groups -OCH3 is 1. The number of carbonyl (C=O) groups excluding carboxylic acids is 1. The van der Waals surface area contributed by atoms with E-state index in [4.69, 9.17) is 9.15 Å². The number of fused-ring (bicyclic) bond motifs is 1. The zero-order valence-electron chi connectivity index (χ0n) is 17.5. The Labute approximate surface area is 174 Å². The van der Waals surface area contributed by atoms with Crippen LogP contribution in [0.5, 0.6) is 11.5 Å². The van der Waals surface area contributed by atoms with E-state index in [1.807, 2.05) is 32.0 Å². The number of carbonyl (C=O) groups is 1. The van der Waals surface area contributed by atoms with Gasteiger partial charge < -0.3 is 24.5 Å². The lowest BCUT2D eigenvalue weighted by atomic mass is 10.0. The third-order valence-corrected chi connectivity index (χ3v) is 5.14. The van der Waals surface area contributed by atoms with E-state index in [1.165, 1.54) is 12.1 Å². The van der Waals surface area contributed by atoms with Crippen LogP contribution >= 0.6 is 0 Å². The molecule has 0 spiro atoms. The van der Waals surface area contributed by atoms with Crippen LogP contribution in [0.4, 0.5) is 5.69 Å². The highest BCUT2D eigenvalue weighted by atomic mass is 16.5. The van der Waals surface area contributed by atoms with Gasteiger partial charge in [-0.25, -0.2) is 4.79 Å². The van der Waals surface area contributed by atoms with Crippen molar-refractivity contribution in [2.24, 2.45) is 0 Å². The van der Waals surface area contributed by atoms with Gasteiger partial charge in [0.25, 0.3) is 5.91 Å². The number of benzene rings is 2. The topological polar surface area (TPSA) is 93.2 Å². The number of phenolic OH excluding ortho intramolecular Hbond substituents is 1. The Bertz CT molecular complexity index is 1110. The molecule has 30 heavy (non-hydrogen) atoms. The fourth-order valence-electron chi connectivity index (χ4n) is 3.49. The SMILES string of the molecule is CCc1cc2c(C[NH+](CC)CC(=O)Nc3ccccc3OC)cc(=O)oc2cc1O. The molecule has 0 aliphatic heterocycles. The summed E-state index contributed by atoms with van der Waals surface area (Å²) in [5.41, 5.74) is 2.06. The van der Waals surface area contributed by atoms with Crippen LogP contribution in [0.1, 0.15) is 25.0 Å². The molecule has 0 saturated carbocycles. The first kappa shape index (κ1) is 21.4. The number of aryl methyl sites for hydroxylation is 1. The lowest BCUT2D eigenvalue weighted by Gasteiger charge is -2.19. The van der Waals surface area contributed by atoms with Crippen LogP contribution in [0.25, 0.3) is 11.0 Å². The summed E-state index contributed by atoms with van der Waals surface area (Å²) >= 11 is 0. The minimum absolute atomic E-state index is 0.112. The number of ether oxygens (including phenoxy) is 1. The molecule has 3 N–H and O–H groups in total. The van der Waals surface area contributed by atoms with Crippen LogP contribution in [0.3, 0.4) is 0 Å². The monoisotopic (exact) mass is 411 g/mol. The predicted octanol–water partition coefficient (Wildman–Crippen LogP) is 2.11. The quantitative estimate of drug-likeness (QED) is 0.494. The van der Waals surface area contributed by atoms with Crippen molar-refractivity contribution in [1.29, 1.82) is 0 Å². The van der Waals surface area contributed by atoms with Crippen LogP contribution in [0.2, 0.25) is 0 Å². The molecule has 7 nitrogen and oxygen atoms in total. The van der Waals surface area contributed by atoms with Crippen LogP contribution in [-0.2, 0) is 17.8 Å². The second-order valence-corrected chi connectivity index (χ2v) is 7.13. The van der Waals surface area contributed by atoms with Gasteiger partial charge in [-0.3, -0.25) is 4.79 Å². The van der Waals surface area contributed by atoms with Crippen molar-refractivity contribution in [3.05, 3.63) is 64.0 Å². The maximum Gasteiger partial charge on any atom is 0.336 e. The smallest absolute Gasteiger partial charge is 0.336 e. The van der Waals surface area contributed by atoms with Crippen LogP contribution in [-0.4, -0.2) is 31.2 Å². The summed E-state index contributed by atoms with van der Waals surface area (Å²) in [6.45, 7) is 5.34. The summed E-state index contributed by atoms with van der Waals surface area (Å²) in [5, 5.41) is 13.8. The van der Waals surface area contributed by atoms with E-state index in [0.717, 1.165) is 21.4 Å². The third-order valence-electron chi connectivity index (χ3n) is 5.14. The van der Waals surface area contributed by atoms with Crippen molar-refractivity contribution in [3.8, 4) is 11.5 Å². The maximum absolute atomic E-state index is 12.6. The number of para-hydroxylation sites is 2. The van der Waals surface area contributed by atoms with Crippen molar-refractivity contribution < 1.29 is 24.0 Å². The van der Waals surface area contributed by atoms with Crippen molar-refractivity contribution >= 4 is 22.6 Å². The molecule has 1 atom stereocenters. The highest BCUT2D eigenvalue weighted by Gasteiger charge is 2.18. The van der Waals surface area contributed by atoms with Gasteiger partial charge >= 0.3 is 5.63 Å². The van der Waals surface area contributed by atoms with Crippen LogP contribution < -0.4 is 20.6 Å². The molecule has 0 radical (unpaired) electrons. The van der Waals surface area contributed by atoms with Crippen LogP contribution in [0, 0.1) is 0 Å². The lowest BCUT2D eigenvalue weighted by Crippen LogP contribution is -3.11. The summed E-state index contributed by atoms with van der Waals surface area (Å²) in [7, 11) is 1.56. The lowest BCUT2D eigenvalue weighted by molar-refractivity contribution is -0.903. The highest BCUT2D eigenvalue weighted by Crippen LogP contribution is 2.26. The van der Waals surface area contributed by atoms with Crippen molar-refractivity contribution in [2.75, 3.05) is 25.5 Å². The molecule has 0 bridgehead atoms. The van der Waals surface area contributed by atoms with Gasteiger partial charge in [0.1, 0.15) is 23.6 Å². The van der Waals surface area contributed by atoms with Gasteiger partial charge in [-0.15, -0.1) is 0 Å². The molecule has 3 aromatic rings. The number of likely N-dealkylation sites (N-methyl/N-ethyl adjacent to an activating group) is 1. The zero-order valence-corrected chi connectivity index (χ0v) is 17.5. The minimum Gasteiger partial charge on any atom is -0.508 e. The molecule has 1 amide bonds. The molecule has 7 heteroatoms. The van der Waals surface area contributed by atoms with Crippen molar-refractivity contribution in [1.82, 2.24) is 0 Å². The normalized spacial score (nSPS) is 12.0. The number of anilines is 1. The first-order valence-electron chi connectivity index (χ1n) is 10.00. The Morgan fingerprint density at radius 3 is 2.63 bits per heavy atom. The number of phenols is 1. The number of hydrogen-bond acceptors (Lipinski definition) is 5. The highest BCUT2D eigenvalue weighted by molar-refractivity contribution is 5.93. The van der Waals surface area contributed by atoms with Crippen molar-refractivity contribution in [2.45, 2.75) is 26.8 Å². The molecule has 1 unspecified atom stereocenters. The van der Waals surface area contributed by atoms with Gasteiger partial charge in [0.15, 0.2) is 6.54 Å². The molecule has 0 saturated heterocycles. The minimum atomic E-state index is -0.477. The average Bonchev–Trinajstić information content (AvgIpc) is 2.73. The number of hydrogen-bond donors (Lipinski definition) is 3. The number of aromatic hydroxyl groups is 1. The van der Waals surface area contributed by atoms with E-state index >= 15 is 0 Å². The van der Waals surface area contributed by atoms with Gasteiger partial charge in [0.2, 0.25) is 0 Å². The molecule has 2 aromatic carbocycles. The Hall–Kier alpha value is -3.32. The molecule has 0 aliphatic carbocycles. The van der Waals surface area contributed by atoms with Gasteiger partial charge in [-0.2, -0.15) is 0 Å². The zero-order chi connectivity index (χ0) is 21.7. The Kier molecular flexibility index (Phi) is 6.74. The summed E-state index contributed by atoms with van der Waals surface area (Å²) in [6, 6.07) is 12.1. The molecule has 1 heterocycles.